The van der Waals surface area contributed by atoms with Crippen LogP contribution in [0.4, 0.5) is 0 Å². The maximum Gasteiger partial charge on any atom is 0.306 e. The first-order chi connectivity index (χ1) is 51.2. The van der Waals surface area contributed by atoms with E-state index >= 15 is 14.4 Å². The summed E-state index contributed by atoms with van der Waals surface area (Å²) < 4.78 is 41.5. The van der Waals surface area contributed by atoms with Gasteiger partial charge in [0.1, 0.15) is 46.7 Å². The van der Waals surface area contributed by atoms with E-state index in [1.807, 2.05) is 0 Å². The molecule has 6 aliphatic rings. The molecule has 8 bridgehead atoms. The minimum Gasteiger partial charge on any atom is -0.460 e. The summed E-state index contributed by atoms with van der Waals surface area (Å²) in [4.78, 5) is 131. The molecule has 6 rings (SSSR count). The van der Waals surface area contributed by atoms with Gasteiger partial charge in [-0.2, -0.15) is 0 Å². The number of nitrogens with one attached hydrogen (secondary N) is 6. The molecule has 3 amide bonds. The van der Waals surface area contributed by atoms with Crippen molar-refractivity contribution in [3.63, 3.8) is 0 Å². The van der Waals surface area contributed by atoms with Crippen molar-refractivity contribution in [2.75, 3.05) is 19.7 Å². The fraction of sp³-hybridized carbons (Fsp3) is 0.897. The van der Waals surface area contributed by atoms with Gasteiger partial charge in [0.05, 0.1) is 12.2 Å². The minimum absolute atomic E-state index is 0.00573. The predicted octanol–water partition coefficient (Wildman–Crippen LogP) is 12.4. The van der Waals surface area contributed by atoms with Crippen molar-refractivity contribution in [1.82, 2.24) is 36.8 Å². The highest BCUT2D eigenvalue weighted by Crippen LogP contribution is 2.51. The van der Waals surface area contributed by atoms with Gasteiger partial charge in [0.25, 0.3) is 0 Å². The molecule has 6 fully saturated rings. The van der Waals surface area contributed by atoms with Crippen molar-refractivity contribution in [3.05, 3.63) is 0 Å². The van der Waals surface area contributed by atoms with Gasteiger partial charge in [-0.1, -0.05) is 67.2 Å². The van der Waals surface area contributed by atoms with Gasteiger partial charge in [-0.3, -0.25) is 43.2 Å². The first-order valence-electron chi connectivity index (χ1n) is 42.8. The lowest BCUT2D eigenvalue weighted by atomic mass is 9.76. The normalized spacial score (nSPS) is 28.7. The lowest BCUT2D eigenvalue weighted by molar-refractivity contribution is -0.158. The topological polar surface area (TPSA) is 314 Å². The van der Waals surface area contributed by atoms with E-state index in [0.29, 0.717) is 36.8 Å². The van der Waals surface area contributed by atoms with Gasteiger partial charge in [0.15, 0.2) is 0 Å². The Hall–Kier alpha value is -5.01. The Balaban J connectivity index is 1.46. The smallest absolute Gasteiger partial charge is 0.306 e. The van der Waals surface area contributed by atoms with Crippen molar-refractivity contribution in [2.45, 2.75) is 426 Å². The van der Waals surface area contributed by atoms with Crippen LogP contribution in [-0.4, -0.2) is 188 Å². The Bertz CT molecular complexity index is 2810. The number of fused-ring (bicyclic) bond motifs is 8. The second-order valence-corrected chi connectivity index (χ2v) is 40.5. The maximum absolute atomic E-state index is 16.1. The van der Waals surface area contributed by atoms with E-state index in [4.69, 9.17) is 33.2 Å². The zero-order valence-electron chi connectivity index (χ0n) is 73.3. The van der Waals surface area contributed by atoms with Crippen molar-refractivity contribution < 1.29 is 81.4 Å². The minimum atomic E-state index is -1.52. The molecule has 0 radical (unpaired) electrons. The summed E-state index contributed by atoms with van der Waals surface area (Å²) in [7, 11) is 0. The summed E-state index contributed by atoms with van der Waals surface area (Å²) in [5.41, 5.74) is -8.37. The predicted molar refractivity (Wildman–Crippen MR) is 429 cm³/mol. The third-order valence-electron chi connectivity index (χ3n) is 24.3. The van der Waals surface area contributed by atoms with E-state index in [-0.39, 0.29) is 167 Å². The largest absolute Gasteiger partial charge is 0.460 e. The summed E-state index contributed by atoms with van der Waals surface area (Å²) in [5.74, 6) is -4.15. The Morgan fingerprint density at radius 3 is 1.17 bits per heavy atom. The van der Waals surface area contributed by atoms with Crippen LogP contribution in [0.25, 0.3) is 0 Å². The first-order valence-corrected chi connectivity index (χ1v) is 42.8. The molecule has 0 aromatic carbocycles. The molecule has 24 nitrogen and oxygen atoms in total. The van der Waals surface area contributed by atoms with Crippen molar-refractivity contribution in [3.8, 4) is 0 Å². The highest BCUT2D eigenvalue weighted by Gasteiger charge is 2.59. The van der Waals surface area contributed by atoms with Crippen LogP contribution in [0.15, 0.2) is 0 Å². The van der Waals surface area contributed by atoms with E-state index in [1.54, 1.807) is 125 Å². The number of ether oxygens (including phenoxy) is 7. The second kappa shape index (κ2) is 39.8. The molecule has 5 saturated heterocycles. The average Bonchev–Trinajstić information content (AvgIpc) is 1.58. The van der Waals surface area contributed by atoms with Crippen LogP contribution in [0.3, 0.4) is 0 Å². The third-order valence-corrected chi connectivity index (χ3v) is 24.3. The number of nitrogens with zero attached hydrogens (tertiary/aromatic N) is 1. The van der Waals surface area contributed by atoms with Gasteiger partial charge in [-0.15, -0.1) is 0 Å². The van der Waals surface area contributed by atoms with E-state index in [2.05, 4.69) is 80.4 Å². The van der Waals surface area contributed by atoms with Crippen LogP contribution in [0, 0.1) is 53.3 Å². The van der Waals surface area contributed by atoms with E-state index in [1.165, 1.54) is 11.3 Å². The maximum atomic E-state index is 16.1. The number of hydrogen-bond acceptors (Lipinski definition) is 21. The summed E-state index contributed by atoms with van der Waals surface area (Å²) in [6, 6.07) is 0.934. The molecule has 1 aliphatic carbocycles. The highest BCUT2D eigenvalue weighted by molar-refractivity contribution is 5.90. The molecule has 111 heavy (non-hydrogen) atoms. The molecule has 7 N–H and O–H groups in total. The molecular formula is C87H153N7O17. The number of aliphatic hydroxyl groups is 1. The van der Waals surface area contributed by atoms with Crippen LogP contribution < -0.4 is 31.9 Å². The zero-order valence-corrected chi connectivity index (χ0v) is 73.3. The molecule has 0 aromatic heterocycles. The van der Waals surface area contributed by atoms with E-state index in [9.17, 15) is 33.9 Å². The lowest BCUT2D eigenvalue weighted by Gasteiger charge is -2.37. The molecule has 24 heteroatoms. The fourth-order valence-corrected chi connectivity index (χ4v) is 19.4. The van der Waals surface area contributed by atoms with Crippen LogP contribution in [0.2, 0.25) is 0 Å². The monoisotopic (exact) mass is 1570 g/mol. The quantitative estimate of drug-likeness (QED) is 0.0176. The first kappa shape index (κ1) is 94.8. The number of hydrogen-bond donors (Lipinski definition) is 7. The van der Waals surface area contributed by atoms with E-state index in [0.717, 1.165) is 51.6 Å². The standard InChI is InChI=1S/C87H153N7O17/c1-26-28-29-30-45-105-56(7)76-54(5)62-47-61-53(4)58(78(90-61)59-46-66(95)77-55(6)63(91-79(59)77)48-64-57(27-2)52(3)60(88-64)49-65(76)89-62)31-32-69(98)94(50-67(96)92-86(39-33-70(99)106-80(8,9)10,40-34-71(100)107-81(11,12)13)41-35-72(101)108-82(14,15)16)51-68(97)93-87(42-36-73(102)109-83(17,18)19,43-37-74(103)110-84(20,21)22)44-38-75(104)111-85(23,24)25/h52-66,76-79,88-91,95H,26-51H2,1-25H3,(H,92,96)(H,93,97). The van der Waals surface area contributed by atoms with Gasteiger partial charge < -0.3 is 75.1 Å². The summed E-state index contributed by atoms with van der Waals surface area (Å²) in [6.45, 7) is 46.7. The fourth-order valence-electron chi connectivity index (χ4n) is 19.4. The van der Waals surface area contributed by atoms with Crippen molar-refractivity contribution in [1.29, 1.82) is 0 Å². The SMILES string of the molecule is CCCCCCOC(C)C1C2CC3NC(CC4NC5C(CC(O)C5C4C)C4NC(CC(N2)C1C)C(C)C4CCC(=O)N(CC(=O)NC(CCC(=O)OC(C)(C)C)(CCC(=O)OC(C)(C)C)CCC(=O)OC(C)(C)C)CC(=O)NC(CCC(=O)OC(C)(C)C)(CCC(=O)OC(C)(C)C)CCC(=O)OC(C)(C)C)C(CC)C3C. The molecule has 0 aromatic rings. The summed E-state index contributed by atoms with van der Waals surface area (Å²) in [5, 5.41) is 35.6. The van der Waals surface area contributed by atoms with Crippen molar-refractivity contribution in [2.24, 2.45) is 53.3 Å². The van der Waals surface area contributed by atoms with Gasteiger partial charge in [-0.25, -0.2) is 0 Å². The number of amides is 3. The molecule has 5 heterocycles. The number of carbonyl (C=O) groups excluding carboxylic acids is 9. The Morgan fingerprint density at radius 1 is 0.423 bits per heavy atom. The summed E-state index contributed by atoms with van der Waals surface area (Å²) in [6.07, 6.45) is 6.27. The average molecular weight is 1570 g/mol. The number of aliphatic hydroxyl groups excluding tert-OH is 1. The van der Waals surface area contributed by atoms with Crippen LogP contribution in [0.5, 0.6) is 0 Å². The Labute approximate surface area is 667 Å². The van der Waals surface area contributed by atoms with Gasteiger partial charge in [0, 0.05) is 123 Å². The van der Waals surface area contributed by atoms with Gasteiger partial charge in [0.2, 0.25) is 17.7 Å². The zero-order chi connectivity index (χ0) is 83.3. The number of unbranched alkanes of at least 4 members (excludes halogenated alkanes) is 3. The number of rotatable bonds is 35. The lowest BCUT2D eigenvalue weighted by Crippen LogP contribution is -2.56. The molecule has 19 unspecified atom stereocenters. The van der Waals surface area contributed by atoms with Crippen LogP contribution in [-0.2, 0) is 76.3 Å². The number of carbonyl (C=O) groups is 9. The Morgan fingerprint density at radius 2 is 0.775 bits per heavy atom. The molecule has 1 saturated carbocycles. The van der Waals surface area contributed by atoms with Gasteiger partial charge >= 0.3 is 35.8 Å². The molecular weight excluding hydrogens is 1410 g/mol. The van der Waals surface area contributed by atoms with Crippen molar-refractivity contribution >= 4 is 53.5 Å². The summed E-state index contributed by atoms with van der Waals surface area (Å²) >= 11 is 0. The van der Waals surface area contributed by atoms with Crippen LogP contribution in [0.1, 0.15) is 321 Å². The van der Waals surface area contributed by atoms with E-state index < -0.39 is 117 Å². The van der Waals surface area contributed by atoms with Gasteiger partial charge in [-0.05, 0) is 250 Å². The highest BCUT2D eigenvalue weighted by atomic mass is 16.6. The molecule has 0 spiro atoms. The van der Waals surface area contributed by atoms with Crippen LogP contribution >= 0.6 is 0 Å². The number of esters is 6. The molecule has 5 aliphatic heterocycles. The molecule has 19 atom stereocenters. The Kier molecular flexibility index (Phi) is 34.0. The third kappa shape index (κ3) is 29.9. The molecule has 638 valence electrons. The second-order valence-electron chi connectivity index (χ2n) is 40.5.